The summed E-state index contributed by atoms with van der Waals surface area (Å²) in [5.74, 6) is 0.490. The van der Waals surface area contributed by atoms with E-state index in [1.165, 1.54) is 14.2 Å². The van der Waals surface area contributed by atoms with E-state index in [-0.39, 0.29) is 18.5 Å². The third-order valence-corrected chi connectivity index (χ3v) is 4.56. The summed E-state index contributed by atoms with van der Waals surface area (Å²) in [5.41, 5.74) is 7.23. The van der Waals surface area contributed by atoms with Gasteiger partial charge in [0, 0.05) is 19.2 Å². The Morgan fingerprint density at radius 3 is 2.64 bits per heavy atom. The topological polar surface area (TPSA) is 112 Å². The highest BCUT2D eigenvalue weighted by Crippen LogP contribution is 2.46. The van der Waals surface area contributed by atoms with Crippen LogP contribution >= 0.6 is 19.2 Å². The van der Waals surface area contributed by atoms with Crippen molar-refractivity contribution < 1.29 is 23.1 Å². The van der Waals surface area contributed by atoms with Gasteiger partial charge in [-0.15, -0.1) is 0 Å². The fraction of sp³-hybridized carbons (Fsp3) is 0.333. The average Bonchev–Trinajstić information content (AvgIpc) is 2.49. The Balaban J connectivity index is 2.80. The number of nitrogens with one attached hydrogen (secondary N) is 1. The van der Waals surface area contributed by atoms with Gasteiger partial charge < -0.3 is 19.5 Å². The number of hydrogen-bond donors (Lipinski definition) is 2. The van der Waals surface area contributed by atoms with Gasteiger partial charge in [-0.2, -0.15) is 5.10 Å². The average molecular weight is 350 g/mol. The summed E-state index contributed by atoms with van der Waals surface area (Å²) in [6, 6.07) is 5.85. The van der Waals surface area contributed by atoms with Crippen LogP contribution in [0.1, 0.15) is 0 Å². The van der Waals surface area contributed by atoms with Crippen LogP contribution < -0.4 is 15.9 Å². The smallest absolute Gasteiger partial charge is 0.335 e. The van der Waals surface area contributed by atoms with Crippen LogP contribution in [0.15, 0.2) is 29.4 Å². The molecule has 0 aliphatic rings. The van der Waals surface area contributed by atoms with Crippen LogP contribution in [0.5, 0.6) is 5.75 Å². The van der Waals surface area contributed by atoms with E-state index >= 15 is 0 Å². The molecule has 0 fully saturated rings. The molecular formula is C12H17ClN3O5P. The van der Waals surface area contributed by atoms with Gasteiger partial charge >= 0.3 is 13.6 Å². The molecular weight excluding hydrogens is 333 g/mol. The number of carbonyl (C=O) groups is 1. The SMILES string of the molecule is COP(=O)(CC(COc1cccc(Cl)c1)=NNC(N)=O)OC. The highest BCUT2D eigenvalue weighted by atomic mass is 35.5. The Labute approximate surface area is 133 Å². The molecule has 3 N–H and O–H groups in total. The summed E-state index contributed by atoms with van der Waals surface area (Å²) >= 11 is 5.85. The molecule has 0 saturated heterocycles. The summed E-state index contributed by atoms with van der Waals surface area (Å²) in [6.07, 6.45) is -0.166. The largest absolute Gasteiger partial charge is 0.488 e. The van der Waals surface area contributed by atoms with Gasteiger partial charge in [0.25, 0.3) is 0 Å². The van der Waals surface area contributed by atoms with Gasteiger partial charge in [0.15, 0.2) is 0 Å². The zero-order chi connectivity index (χ0) is 16.6. The predicted octanol–water partition coefficient (Wildman–Crippen LogP) is 2.23. The summed E-state index contributed by atoms with van der Waals surface area (Å²) in [4.78, 5) is 10.7. The Hall–Kier alpha value is -1.60. The maximum absolute atomic E-state index is 12.1. The van der Waals surface area contributed by atoms with Crippen molar-refractivity contribution in [2.75, 3.05) is 27.0 Å². The lowest BCUT2D eigenvalue weighted by molar-refractivity contribution is 0.249. The number of carbonyl (C=O) groups excluding carboxylic acids is 1. The number of primary amides is 1. The van der Waals surface area contributed by atoms with E-state index in [0.717, 1.165) is 0 Å². The summed E-state index contributed by atoms with van der Waals surface area (Å²) < 4.78 is 27.3. The van der Waals surface area contributed by atoms with E-state index in [9.17, 15) is 9.36 Å². The minimum Gasteiger partial charge on any atom is -0.488 e. The second-order valence-electron chi connectivity index (χ2n) is 4.03. The lowest BCUT2D eigenvalue weighted by atomic mass is 10.3. The molecule has 0 bridgehead atoms. The Morgan fingerprint density at radius 2 is 2.09 bits per heavy atom. The standard InChI is InChI=1S/C12H17ClN3O5P/c1-19-22(18,20-2)8-10(15-16-12(14)17)7-21-11-5-3-4-9(13)6-11/h3-6H,7-8H2,1-2H3,(H3,14,16,17). The maximum Gasteiger partial charge on any atom is 0.335 e. The molecule has 1 aromatic rings. The van der Waals surface area contributed by atoms with Crippen molar-refractivity contribution in [1.82, 2.24) is 5.43 Å². The lowest BCUT2D eigenvalue weighted by Gasteiger charge is -2.15. The van der Waals surface area contributed by atoms with Gasteiger partial charge in [-0.1, -0.05) is 17.7 Å². The highest BCUT2D eigenvalue weighted by molar-refractivity contribution is 7.54. The van der Waals surface area contributed by atoms with Crippen LogP contribution in [-0.4, -0.2) is 38.7 Å². The second-order valence-corrected chi connectivity index (χ2v) is 6.74. The van der Waals surface area contributed by atoms with Gasteiger partial charge in [-0.3, -0.25) is 4.57 Å². The Morgan fingerprint density at radius 1 is 1.41 bits per heavy atom. The second kappa shape index (κ2) is 8.75. The number of hydrogen-bond acceptors (Lipinski definition) is 6. The van der Waals surface area contributed by atoms with Crippen molar-refractivity contribution in [3.05, 3.63) is 29.3 Å². The first-order valence-electron chi connectivity index (χ1n) is 6.08. The quantitative estimate of drug-likeness (QED) is 0.424. The number of rotatable bonds is 8. The Kier molecular flexibility index (Phi) is 7.34. The van der Waals surface area contributed by atoms with E-state index < -0.39 is 13.6 Å². The number of nitrogens with two attached hydrogens (primary N) is 1. The van der Waals surface area contributed by atoms with Gasteiger partial charge in [0.1, 0.15) is 12.4 Å². The number of urea groups is 1. The van der Waals surface area contributed by atoms with Crippen molar-refractivity contribution in [2.24, 2.45) is 10.8 Å². The van der Waals surface area contributed by atoms with Gasteiger partial charge in [-0.25, -0.2) is 10.2 Å². The molecule has 0 heterocycles. The maximum atomic E-state index is 12.1. The van der Waals surface area contributed by atoms with E-state index in [2.05, 4.69) is 10.5 Å². The van der Waals surface area contributed by atoms with Gasteiger partial charge in [-0.05, 0) is 18.2 Å². The van der Waals surface area contributed by atoms with Crippen LogP contribution in [0.3, 0.4) is 0 Å². The molecule has 10 heteroatoms. The van der Waals surface area contributed by atoms with E-state index in [0.29, 0.717) is 10.8 Å². The summed E-state index contributed by atoms with van der Waals surface area (Å²) in [7, 11) is -0.855. The first-order valence-corrected chi connectivity index (χ1v) is 8.19. The molecule has 0 radical (unpaired) electrons. The van der Waals surface area contributed by atoms with Crippen LogP contribution in [0.2, 0.25) is 5.02 Å². The van der Waals surface area contributed by atoms with Crippen LogP contribution in [0.25, 0.3) is 0 Å². The molecule has 122 valence electrons. The molecule has 0 saturated carbocycles. The molecule has 0 aromatic heterocycles. The number of hydrazone groups is 1. The normalized spacial score (nSPS) is 12.0. The van der Waals surface area contributed by atoms with E-state index in [1.54, 1.807) is 24.3 Å². The number of benzene rings is 1. The molecule has 0 unspecified atom stereocenters. The van der Waals surface area contributed by atoms with Crippen molar-refractivity contribution in [2.45, 2.75) is 0 Å². The summed E-state index contributed by atoms with van der Waals surface area (Å²) in [6.45, 7) is -0.0582. The predicted molar refractivity (Wildman–Crippen MR) is 83.6 cm³/mol. The highest BCUT2D eigenvalue weighted by Gasteiger charge is 2.24. The fourth-order valence-electron chi connectivity index (χ4n) is 1.40. The van der Waals surface area contributed by atoms with Crippen LogP contribution in [0.4, 0.5) is 4.79 Å². The van der Waals surface area contributed by atoms with E-state index in [1.807, 2.05) is 0 Å². The zero-order valence-corrected chi connectivity index (χ0v) is 13.8. The molecule has 0 spiro atoms. The first kappa shape index (κ1) is 18.4. The number of nitrogens with zero attached hydrogens (tertiary/aromatic N) is 1. The number of amides is 2. The van der Waals surface area contributed by atoms with Crippen molar-refractivity contribution in [1.29, 1.82) is 0 Å². The molecule has 22 heavy (non-hydrogen) atoms. The molecule has 0 aliphatic heterocycles. The third kappa shape index (κ3) is 6.44. The first-order chi connectivity index (χ1) is 10.4. The van der Waals surface area contributed by atoms with Crippen LogP contribution in [0, 0.1) is 0 Å². The molecule has 1 aromatic carbocycles. The minimum atomic E-state index is -3.36. The molecule has 1 rings (SSSR count). The molecule has 8 nitrogen and oxygen atoms in total. The summed E-state index contributed by atoms with van der Waals surface area (Å²) in [5, 5.41) is 4.25. The van der Waals surface area contributed by atoms with E-state index in [4.69, 9.17) is 31.1 Å². The van der Waals surface area contributed by atoms with Gasteiger partial charge in [0.2, 0.25) is 0 Å². The minimum absolute atomic E-state index is 0.0582. The number of halogens is 1. The Bertz CT molecular complexity index is 588. The zero-order valence-electron chi connectivity index (χ0n) is 12.1. The molecule has 0 atom stereocenters. The third-order valence-electron chi connectivity index (χ3n) is 2.46. The van der Waals surface area contributed by atoms with Crippen molar-refractivity contribution >= 4 is 30.9 Å². The van der Waals surface area contributed by atoms with Crippen LogP contribution in [-0.2, 0) is 13.6 Å². The fourth-order valence-corrected chi connectivity index (χ4v) is 2.59. The van der Waals surface area contributed by atoms with Gasteiger partial charge in [0.05, 0.1) is 11.9 Å². The number of ether oxygens (including phenoxy) is 1. The molecule has 2 amide bonds. The monoisotopic (exact) mass is 349 g/mol. The van der Waals surface area contributed by atoms with Crippen molar-refractivity contribution in [3.63, 3.8) is 0 Å². The lowest BCUT2D eigenvalue weighted by Crippen LogP contribution is -2.28. The molecule has 0 aliphatic carbocycles. The van der Waals surface area contributed by atoms with Crippen molar-refractivity contribution in [3.8, 4) is 5.75 Å².